The van der Waals surface area contributed by atoms with Gasteiger partial charge in [-0.25, -0.2) is 0 Å². The van der Waals surface area contributed by atoms with Crippen molar-refractivity contribution >= 4 is 0 Å². The molecule has 106 valence electrons. The van der Waals surface area contributed by atoms with Crippen molar-refractivity contribution in [3.05, 3.63) is 29.8 Å². The summed E-state index contributed by atoms with van der Waals surface area (Å²) in [7, 11) is 2.18. The molecule has 1 aliphatic carbocycles. The summed E-state index contributed by atoms with van der Waals surface area (Å²) >= 11 is 0. The van der Waals surface area contributed by atoms with Crippen LogP contribution in [0.15, 0.2) is 24.3 Å². The van der Waals surface area contributed by atoms with Gasteiger partial charge in [-0.2, -0.15) is 0 Å². The van der Waals surface area contributed by atoms with Gasteiger partial charge in [0.15, 0.2) is 0 Å². The van der Waals surface area contributed by atoms with Crippen molar-refractivity contribution in [1.29, 1.82) is 0 Å². The first-order chi connectivity index (χ1) is 9.05. The van der Waals surface area contributed by atoms with E-state index in [9.17, 15) is 5.11 Å². The molecule has 2 unspecified atom stereocenters. The molecule has 0 spiro atoms. The van der Waals surface area contributed by atoms with Crippen molar-refractivity contribution in [2.45, 2.75) is 44.7 Å². The van der Waals surface area contributed by atoms with E-state index in [0.29, 0.717) is 5.75 Å². The minimum atomic E-state index is 0.148. The van der Waals surface area contributed by atoms with Crippen LogP contribution < -0.4 is 5.73 Å². The van der Waals surface area contributed by atoms with Crippen LogP contribution in [-0.4, -0.2) is 29.1 Å². The van der Waals surface area contributed by atoms with E-state index < -0.39 is 0 Å². The lowest BCUT2D eigenvalue weighted by atomic mass is 9.75. The van der Waals surface area contributed by atoms with E-state index in [1.165, 1.54) is 31.2 Å². The number of likely N-dealkylation sites (N-methyl/N-ethyl adjacent to an activating group) is 1. The predicted octanol–water partition coefficient (Wildman–Crippen LogP) is 2.73. The Balaban J connectivity index is 2.08. The van der Waals surface area contributed by atoms with Gasteiger partial charge in [0, 0.05) is 18.6 Å². The Kier molecular flexibility index (Phi) is 4.48. The highest BCUT2D eigenvalue weighted by Gasteiger charge is 2.37. The molecule has 3 heteroatoms. The molecule has 2 atom stereocenters. The summed E-state index contributed by atoms with van der Waals surface area (Å²) in [6.45, 7) is 3.95. The lowest BCUT2D eigenvalue weighted by molar-refractivity contribution is 0.0554. The van der Waals surface area contributed by atoms with E-state index in [-0.39, 0.29) is 5.54 Å². The second-order valence-electron chi connectivity index (χ2n) is 6.15. The Morgan fingerprint density at radius 1 is 1.37 bits per heavy atom. The molecule has 1 aliphatic rings. The molecular formula is C16H26N2O. The lowest BCUT2D eigenvalue weighted by Gasteiger charge is -2.46. The van der Waals surface area contributed by atoms with Gasteiger partial charge in [-0.15, -0.1) is 0 Å². The zero-order valence-corrected chi connectivity index (χ0v) is 12.1. The molecule has 1 aromatic rings. The highest BCUT2D eigenvalue weighted by atomic mass is 16.3. The van der Waals surface area contributed by atoms with Crippen molar-refractivity contribution in [2.75, 3.05) is 13.6 Å². The van der Waals surface area contributed by atoms with Crippen molar-refractivity contribution in [1.82, 2.24) is 4.90 Å². The monoisotopic (exact) mass is 262 g/mol. The molecule has 0 saturated heterocycles. The fourth-order valence-corrected chi connectivity index (χ4v) is 3.36. The maximum atomic E-state index is 9.34. The Morgan fingerprint density at radius 3 is 2.63 bits per heavy atom. The molecule has 0 aliphatic heterocycles. The molecule has 0 heterocycles. The van der Waals surface area contributed by atoms with Crippen LogP contribution >= 0.6 is 0 Å². The fraction of sp³-hybridized carbons (Fsp3) is 0.625. The topological polar surface area (TPSA) is 49.5 Å². The first kappa shape index (κ1) is 14.4. The zero-order valence-electron chi connectivity index (χ0n) is 12.1. The molecule has 0 radical (unpaired) electrons. The third kappa shape index (κ3) is 3.28. The average molecular weight is 262 g/mol. The largest absolute Gasteiger partial charge is 0.508 e. The van der Waals surface area contributed by atoms with E-state index in [1.807, 2.05) is 12.1 Å². The normalized spacial score (nSPS) is 27.7. The SMILES string of the molecule is CC1CCCC(CN)(N(C)Cc2ccc(O)cc2)C1. The maximum absolute atomic E-state index is 9.34. The summed E-state index contributed by atoms with van der Waals surface area (Å²) in [6.07, 6.45) is 4.99. The Morgan fingerprint density at radius 2 is 2.05 bits per heavy atom. The van der Waals surface area contributed by atoms with Gasteiger partial charge in [0.1, 0.15) is 5.75 Å². The van der Waals surface area contributed by atoms with Crippen LogP contribution in [-0.2, 0) is 6.54 Å². The second-order valence-corrected chi connectivity index (χ2v) is 6.15. The quantitative estimate of drug-likeness (QED) is 0.877. The van der Waals surface area contributed by atoms with Crippen LogP contribution in [0, 0.1) is 5.92 Å². The van der Waals surface area contributed by atoms with Gasteiger partial charge in [0.05, 0.1) is 0 Å². The van der Waals surface area contributed by atoms with Crippen LogP contribution in [0.4, 0.5) is 0 Å². The first-order valence-corrected chi connectivity index (χ1v) is 7.25. The van der Waals surface area contributed by atoms with Gasteiger partial charge in [-0.1, -0.05) is 31.9 Å². The summed E-state index contributed by atoms with van der Waals surface area (Å²) in [4.78, 5) is 2.41. The van der Waals surface area contributed by atoms with Crippen LogP contribution in [0.2, 0.25) is 0 Å². The van der Waals surface area contributed by atoms with Gasteiger partial charge in [-0.05, 0) is 43.5 Å². The number of hydrogen-bond donors (Lipinski definition) is 2. The number of hydrogen-bond acceptors (Lipinski definition) is 3. The molecule has 0 aromatic heterocycles. The van der Waals surface area contributed by atoms with Gasteiger partial charge < -0.3 is 10.8 Å². The van der Waals surface area contributed by atoms with Crippen molar-refractivity contribution in [2.24, 2.45) is 11.7 Å². The third-order valence-corrected chi connectivity index (χ3v) is 4.61. The second kappa shape index (κ2) is 5.93. The zero-order chi connectivity index (χ0) is 13.9. The predicted molar refractivity (Wildman–Crippen MR) is 79.0 cm³/mol. The van der Waals surface area contributed by atoms with E-state index >= 15 is 0 Å². The van der Waals surface area contributed by atoms with Gasteiger partial charge in [0.25, 0.3) is 0 Å². The first-order valence-electron chi connectivity index (χ1n) is 7.25. The molecular weight excluding hydrogens is 236 g/mol. The molecule has 1 aromatic carbocycles. The Labute approximate surface area is 116 Å². The van der Waals surface area contributed by atoms with Crippen molar-refractivity contribution < 1.29 is 5.11 Å². The Bertz CT molecular complexity index is 404. The molecule has 2 rings (SSSR count). The van der Waals surface area contributed by atoms with Gasteiger partial charge in [-0.3, -0.25) is 4.90 Å². The van der Waals surface area contributed by atoms with E-state index in [0.717, 1.165) is 19.0 Å². The Hall–Kier alpha value is -1.06. The standard InChI is InChI=1S/C16H26N2O/c1-13-4-3-9-16(10-13,12-17)18(2)11-14-5-7-15(19)8-6-14/h5-8,13,19H,3-4,9-12,17H2,1-2H3. The van der Waals surface area contributed by atoms with Gasteiger partial charge in [0.2, 0.25) is 0 Å². The number of phenolic OH excluding ortho intramolecular Hbond substituents is 1. The summed E-state index contributed by atoms with van der Waals surface area (Å²) < 4.78 is 0. The summed E-state index contributed by atoms with van der Waals surface area (Å²) in [5.41, 5.74) is 7.47. The highest BCUT2D eigenvalue weighted by Crippen LogP contribution is 2.36. The third-order valence-electron chi connectivity index (χ3n) is 4.61. The average Bonchev–Trinajstić information content (AvgIpc) is 2.41. The molecule has 1 saturated carbocycles. The highest BCUT2D eigenvalue weighted by molar-refractivity contribution is 5.26. The fourth-order valence-electron chi connectivity index (χ4n) is 3.36. The van der Waals surface area contributed by atoms with Crippen LogP contribution in [0.25, 0.3) is 0 Å². The molecule has 1 fully saturated rings. The van der Waals surface area contributed by atoms with E-state index in [2.05, 4.69) is 18.9 Å². The number of rotatable bonds is 4. The summed E-state index contributed by atoms with van der Waals surface area (Å²) in [5.74, 6) is 1.09. The number of nitrogens with two attached hydrogens (primary N) is 1. The van der Waals surface area contributed by atoms with Gasteiger partial charge >= 0.3 is 0 Å². The number of aromatic hydroxyl groups is 1. The van der Waals surface area contributed by atoms with E-state index in [1.54, 1.807) is 12.1 Å². The van der Waals surface area contributed by atoms with Crippen LogP contribution in [0.5, 0.6) is 5.75 Å². The number of nitrogens with zero attached hydrogens (tertiary/aromatic N) is 1. The van der Waals surface area contributed by atoms with Crippen molar-refractivity contribution in [3.63, 3.8) is 0 Å². The van der Waals surface area contributed by atoms with Crippen molar-refractivity contribution in [3.8, 4) is 5.75 Å². The summed E-state index contributed by atoms with van der Waals surface area (Å²) in [6, 6.07) is 7.48. The molecule has 0 amide bonds. The lowest BCUT2D eigenvalue weighted by Crippen LogP contribution is -2.54. The van der Waals surface area contributed by atoms with Crippen LogP contribution in [0.1, 0.15) is 38.2 Å². The number of benzene rings is 1. The van der Waals surface area contributed by atoms with E-state index in [4.69, 9.17) is 5.73 Å². The number of phenols is 1. The minimum Gasteiger partial charge on any atom is -0.508 e. The summed E-state index contributed by atoms with van der Waals surface area (Å²) in [5, 5.41) is 9.34. The van der Waals surface area contributed by atoms with Crippen LogP contribution in [0.3, 0.4) is 0 Å². The molecule has 0 bridgehead atoms. The molecule has 3 N–H and O–H groups in total. The minimum absolute atomic E-state index is 0.148. The molecule has 19 heavy (non-hydrogen) atoms. The maximum Gasteiger partial charge on any atom is 0.115 e. The smallest absolute Gasteiger partial charge is 0.115 e. The molecule has 3 nitrogen and oxygen atoms in total.